The molecule has 6 heteroatoms. The molecule has 0 N–H and O–H groups in total. The van der Waals surface area contributed by atoms with Gasteiger partial charge in [0.15, 0.2) is 0 Å². The maximum atomic E-state index is 12.9. The minimum absolute atomic E-state index is 0.0903. The Morgan fingerprint density at radius 2 is 1.56 bits per heavy atom. The van der Waals surface area contributed by atoms with Crippen LogP contribution in [0, 0.1) is 0 Å². The molecule has 0 saturated carbocycles. The lowest BCUT2D eigenvalue weighted by Gasteiger charge is -2.09. The first-order chi connectivity index (χ1) is 17.6. The fourth-order valence-corrected chi connectivity index (χ4v) is 3.76. The zero-order valence-electron chi connectivity index (χ0n) is 20.6. The first kappa shape index (κ1) is 25.0. The Hall–Kier alpha value is -4.06. The van der Waals surface area contributed by atoms with Gasteiger partial charge in [0, 0.05) is 6.07 Å². The summed E-state index contributed by atoms with van der Waals surface area (Å²) in [6, 6.07) is 19.1. The van der Waals surface area contributed by atoms with Crippen molar-refractivity contribution >= 4 is 16.9 Å². The first-order valence-corrected chi connectivity index (χ1v) is 12.3. The molecule has 0 aliphatic carbocycles. The Labute approximate surface area is 210 Å². The second-order valence-electron chi connectivity index (χ2n) is 8.55. The van der Waals surface area contributed by atoms with Gasteiger partial charge in [0.1, 0.15) is 29.1 Å². The second-order valence-corrected chi connectivity index (χ2v) is 8.55. The van der Waals surface area contributed by atoms with Crippen LogP contribution in [0.25, 0.3) is 11.0 Å². The van der Waals surface area contributed by atoms with Gasteiger partial charge in [-0.1, -0.05) is 45.2 Å². The van der Waals surface area contributed by atoms with Gasteiger partial charge in [0.25, 0.3) is 0 Å². The number of aryl methyl sites for hydroxylation is 1. The normalized spacial score (nSPS) is 10.8. The maximum Gasteiger partial charge on any atom is 0.343 e. The van der Waals surface area contributed by atoms with E-state index in [1.807, 2.05) is 24.3 Å². The summed E-state index contributed by atoms with van der Waals surface area (Å²) in [7, 11) is 0. The van der Waals surface area contributed by atoms with Gasteiger partial charge in [-0.15, -0.1) is 0 Å². The zero-order chi connectivity index (χ0) is 25.3. The summed E-state index contributed by atoms with van der Waals surface area (Å²) < 4.78 is 22.5. The molecule has 6 nitrogen and oxygen atoms in total. The molecule has 36 heavy (non-hydrogen) atoms. The van der Waals surface area contributed by atoms with E-state index in [-0.39, 0.29) is 16.9 Å². The number of fused-ring (bicyclic) bond motifs is 1. The SMILES string of the molecule is CCCCCOc1ccc(C(=O)Oc2ccc3c(=O)c(Oc4ccc(CCC)cc4)coc3c2)cc1. The Morgan fingerprint density at radius 1 is 0.833 bits per heavy atom. The van der Waals surface area contributed by atoms with Crippen molar-refractivity contribution < 1.29 is 23.4 Å². The largest absolute Gasteiger partial charge is 0.494 e. The topological polar surface area (TPSA) is 75.0 Å². The van der Waals surface area contributed by atoms with E-state index in [2.05, 4.69) is 13.8 Å². The molecule has 1 heterocycles. The van der Waals surface area contributed by atoms with Crippen LogP contribution in [0.5, 0.6) is 23.0 Å². The molecular weight excluding hydrogens is 456 g/mol. The van der Waals surface area contributed by atoms with Gasteiger partial charge in [-0.25, -0.2) is 4.79 Å². The number of esters is 1. The van der Waals surface area contributed by atoms with Gasteiger partial charge >= 0.3 is 5.97 Å². The summed E-state index contributed by atoms with van der Waals surface area (Å²) in [6.45, 7) is 4.92. The number of rotatable bonds is 11. The predicted molar refractivity (Wildman–Crippen MR) is 139 cm³/mol. The Morgan fingerprint density at radius 3 is 2.28 bits per heavy atom. The quantitative estimate of drug-likeness (QED) is 0.126. The second kappa shape index (κ2) is 12.1. The lowest BCUT2D eigenvalue weighted by Crippen LogP contribution is -2.09. The van der Waals surface area contributed by atoms with E-state index in [9.17, 15) is 9.59 Å². The lowest BCUT2D eigenvalue weighted by atomic mass is 10.1. The van der Waals surface area contributed by atoms with Crippen LogP contribution in [0.15, 0.2) is 82.2 Å². The number of carbonyl (C=O) groups is 1. The zero-order valence-corrected chi connectivity index (χ0v) is 20.6. The molecule has 0 aliphatic rings. The molecule has 4 aromatic rings. The average Bonchev–Trinajstić information content (AvgIpc) is 2.90. The molecule has 0 spiro atoms. The van der Waals surface area contributed by atoms with Gasteiger partial charge in [-0.3, -0.25) is 4.79 Å². The molecule has 186 valence electrons. The van der Waals surface area contributed by atoms with Gasteiger partial charge in [-0.05, 0) is 66.9 Å². The summed E-state index contributed by atoms with van der Waals surface area (Å²) in [6.07, 6.45) is 6.58. The fraction of sp³-hybridized carbons (Fsp3) is 0.267. The summed E-state index contributed by atoms with van der Waals surface area (Å²) in [5.74, 6) is 1.12. The van der Waals surface area contributed by atoms with E-state index in [4.69, 9.17) is 18.6 Å². The predicted octanol–water partition coefficient (Wildman–Crippen LogP) is 7.33. The van der Waals surface area contributed by atoms with Crippen LogP contribution < -0.4 is 19.6 Å². The van der Waals surface area contributed by atoms with Crippen LogP contribution in [-0.2, 0) is 6.42 Å². The lowest BCUT2D eigenvalue weighted by molar-refractivity contribution is 0.0735. The molecule has 0 unspecified atom stereocenters. The van der Waals surface area contributed by atoms with Gasteiger partial charge < -0.3 is 18.6 Å². The molecule has 0 radical (unpaired) electrons. The van der Waals surface area contributed by atoms with Crippen molar-refractivity contribution in [2.24, 2.45) is 0 Å². The van der Waals surface area contributed by atoms with Crippen LogP contribution >= 0.6 is 0 Å². The molecular formula is C30H30O6. The van der Waals surface area contributed by atoms with E-state index < -0.39 is 5.97 Å². The fourth-order valence-electron chi connectivity index (χ4n) is 3.76. The average molecular weight is 487 g/mol. The third-order valence-corrected chi connectivity index (χ3v) is 5.72. The molecule has 0 aliphatic heterocycles. The molecule has 0 atom stereocenters. The van der Waals surface area contributed by atoms with Crippen molar-refractivity contribution in [2.75, 3.05) is 6.61 Å². The van der Waals surface area contributed by atoms with E-state index >= 15 is 0 Å². The highest BCUT2D eigenvalue weighted by atomic mass is 16.5. The number of hydrogen-bond acceptors (Lipinski definition) is 6. The minimum Gasteiger partial charge on any atom is -0.494 e. The highest BCUT2D eigenvalue weighted by Crippen LogP contribution is 2.25. The van der Waals surface area contributed by atoms with E-state index in [1.165, 1.54) is 17.9 Å². The number of hydrogen-bond donors (Lipinski definition) is 0. The van der Waals surface area contributed by atoms with Crippen LogP contribution in [-0.4, -0.2) is 12.6 Å². The first-order valence-electron chi connectivity index (χ1n) is 12.3. The van der Waals surface area contributed by atoms with Crippen molar-refractivity contribution in [3.05, 3.63) is 94.3 Å². The third kappa shape index (κ3) is 6.33. The molecule has 0 amide bonds. The van der Waals surface area contributed by atoms with Crippen molar-refractivity contribution in [2.45, 2.75) is 46.0 Å². The van der Waals surface area contributed by atoms with Crippen molar-refractivity contribution in [1.82, 2.24) is 0 Å². The van der Waals surface area contributed by atoms with Crippen LogP contribution in [0.3, 0.4) is 0 Å². The standard InChI is InChI=1S/C30H30O6/c1-3-5-6-18-33-23-14-10-22(11-15-23)30(32)36-25-16-17-26-27(19-25)34-20-28(29(26)31)35-24-12-8-21(7-4-2)9-13-24/h8-17,19-20H,3-7,18H2,1-2H3. The summed E-state index contributed by atoms with van der Waals surface area (Å²) in [5, 5.41) is 0.333. The molecule has 1 aromatic heterocycles. The smallest absolute Gasteiger partial charge is 0.343 e. The summed E-state index contributed by atoms with van der Waals surface area (Å²) in [5.41, 5.74) is 1.60. The van der Waals surface area contributed by atoms with Crippen LogP contribution in [0.2, 0.25) is 0 Å². The van der Waals surface area contributed by atoms with Gasteiger partial charge in [0.2, 0.25) is 11.2 Å². The highest BCUT2D eigenvalue weighted by Gasteiger charge is 2.13. The molecule has 0 saturated heterocycles. The number of unbranched alkanes of at least 4 members (excludes halogenated alkanes) is 2. The van der Waals surface area contributed by atoms with E-state index in [1.54, 1.807) is 36.4 Å². The monoisotopic (exact) mass is 486 g/mol. The van der Waals surface area contributed by atoms with Crippen LogP contribution in [0.4, 0.5) is 0 Å². The van der Waals surface area contributed by atoms with Gasteiger partial charge in [0.05, 0.1) is 17.6 Å². The van der Waals surface area contributed by atoms with E-state index in [0.29, 0.717) is 34.6 Å². The third-order valence-electron chi connectivity index (χ3n) is 5.72. The Balaban J connectivity index is 1.42. The van der Waals surface area contributed by atoms with Crippen LogP contribution in [0.1, 0.15) is 55.5 Å². The molecule has 4 rings (SSSR count). The summed E-state index contributed by atoms with van der Waals surface area (Å²) in [4.78, 5) is 25.5. The van der Waals surface area contributed by atoms with Crippen molar-refractivity contribution in [3.63, 3.8) is 0 Å². The van der Waals surface area contributed by atoms with E-state index in [0.717, 1.165) is 32.1 Å². The Kier molecular flexibility index (Phi) is 8.40. The van der Waals surface area contributed by atoms with Gasteiger partial charge in [-0.2, -0.15) is 0 Å². The number of carbonyl (C=O) groups excluding carboxylic acids is 1. The minimum atomic E-state index is -0.513. The highest BCUT2D eigenvalue weighted by molar-refractivity contribution is 5.91. The molecule has 3 aromatic carbocycles. The molecule has 0 fully saturated rings. The van der Waals surface area contributed by atoms with Crippen molar-refractivity contribution in [1.29, 1.82) is 0 Å². The van der Waals surface area contributed by atoms with Crippen molar-refractivity contribution in [3.8, 4) is 23.0 Å². The maximum absolute atomic E-state index is 12.9. The number of ether oxygens (including phenoxy) is 3. The molecule has 0 bridgehead atoms. The Bertz CT molecular complexity index is 1350. The summed E-state index contributed by atoms with van der Waals surface area (Å²) >= 11 is 0. The number of benzene rings is 3.